The van der Waals surface area contributed by atoms with Crippen LogP contribution in [0.3, 0.4) is 0 Å². The Morgan fingerprint density at radius 3 is 2.60 bits per heavy atom. The summed E-state index contributed by atoms with van der Waals surface area (Å²) in [7, 11) is 1.40. The molecule has 1 unspecified atom stereocenters. The maximum atomic E-state index is 13.2. The lowest BCUT2D eigenvalue weighted by Gasteiger charge is -2.22. The van der Waals surface area contributed by atoms with Crippen molar-refractivity contribution in [2.45, 2.75) is 18.6 Å². The second kappa shape index (κ2) is 8.44. The molecule has 0 spiro atoms. The van der Waals surface area contributed by atoms with E-state index in [1.165, 1.54) is 19.2 Å². The minimum absolute atomic E-state index is 0.206. The number of hydrogen-bond donors (Lipinski definition) is 3. The molecule has 1 aromatic heterocycles. The Balaban J connectivity index is 1.91. The van der Waals surface area contributed by atoms with Gasteiger partial charge in [-0.2, -0.15) is 13.2 Å². The molecular formula is C20H20F3N5O2. The van der Waals surface area contributed by atoms with Crippen molar-refractivity contribution in [2.75, 3.05) is 18.9 Å². The second-order valence-corrected chi connectivity index (χ2v) is 6.84. The number of nitrogens with two attached hydrogens (primary N) is 1. The van der Waals surface area contributed by atoms with E-state index >= 15 is 0 Å². The summed E-state index contributed by atoms with van der Waals surface area (Å²) < 4.78 is 39.5. The number of amides is 2. The van der Waals surface area contributed by atoms with Crippen molar-refractivity contribution >= 4 is 28.8 Å². The molecule has 0 fully saturated rings. The number of benzene rings is 2. The Morgan fingerprint density at radius 2 is 1.93 bits per heavy atom. The summed E-state index contributed by atoms with van der Waals surface area (Å²) in [5.41, 5.74) is 5.95. The fourth-order valence-electron chi connectivity index (χ4n) is 3.02. The SMILES string of the molecule is CN(CC(N)=O)C(=O)CC(Nc1nc2ccccc2[nH]1)c1cccc(C(F)(F)F)c1. The van der Waals surface area contributed by atoms with E-state index in [0.717, 1.165) is 22.5 Å². The normalized spacial score (nSPS) is 12.5. The summed E-state index contributed by atoms with van der Waals surface area (Å²) in [4.78, 5) is 32.1. The predicted octanol–water partition coefficient (Wildman–Crippen LogP) is 3.07. The average molecular weight is 419 g/mol. The van der Waals surface area contributed by atoms with E-state index in [2.05, 4.69) is 15.3 Å². The van der Waals surface area contributed by atoms with E-state index in [1.54, 1.807) is 18.2 Å². The number of rotatable bonds is 7. The number of aromatic amines is 1. The third-order valence-corrected chi connectivity index (χ3v) is 4.51. The summed E-state index contributed by atoms with van der Waals surface area (Å²) in [6.07, 6.45) is -4.73. The van der Waals surface area contributed by atoms with E-state index in [9.17, 15) is 22.8 Å². The molecule has 3 rings (SSSR count). The lowest BCUT2D eigenvalue weighted by molar-refractivity contribution is -0.137. The van der Waals surface area contributed by atoms with Crippen molar-refractivity contribution in [3.8, 4) is 0 Å². The fourth-order valence-corrected chi connectivity index (χ4v) is 3.02. The average Bonchev–Trinajstić information content (AvgIpc) is 3.08. The van der Waals surface area contributed by atoms with Gasteiger partial charge in [0.15, 0.2) is 0 Å². The number of carbonyl (C=O) groups is 2. The number of alkyl halides is 3. The van der Waals surface area contributed by atoms with Crippen molar-refractivity contribution in [3.05, 3.63) is 59.7 Å². The van der Waals surface area contributed by atoms with Crippen LogP contribution in [0.25, 0.3) is 11.0 Å². The zero-order chi connectivity index (χ0) is 21.9. The van der Waals surface area contributed by atoms with Crippen LogP contribution in [0.4, 0.5) is 19.1 Å². The highest BCUT2D eigenvalue weighted by atomic mass is 19.4. The number of likely N-dealkylation sites (N-methyl/N-ethyl adjacent to an activating group) is 1. The summed E-state index contributed by atoms with van der Waals surface area (Å²) in [6, 6.07) is 11.1. The standard InChI is InChI=1S/C20H20F3N5O2/c1-28(11-17(24)29)18(30)10-16(12-5-4-6-13(9-12)20(21,22)23)27-19-25-14-7-2-3-8-15(14)26-19/h2-9,16H,10-11H2,1H3,(H2,24,29)(H2,25,26,27). The molecule has 0 aliphatic heterocycles. The number of halogens is 3. The van der Waals surface area contributed by atoms with E-state index in [0.29, 0.717) is 11.5 Å². The van der Waals surface area contributed by atoms with E-state index in [1.807, 2.05) is 6.07 Å². The molecule has 7 nitrogen and oxygen atoms in total. The molecule has 0 aliphatic rings. The van der Waals surface area contributed by atoms with Crippen molar-refractivity contribution in [1.29, 1.82) is 0 Å². The maximum absolute atomic E-state index is 13.2. The Bertz CT molecular complexity index is 1030. The minimum atomic E-state index is -4.52. The van der Waals surface area contributed by atoms with Crippen molar-refractivity contribution in [1.82, 2.24) is 14.9 Å². The lowest BCUT2D eigenvalue weighted by Crippen LogP contribution is -2.36. The molecule has 1 atom stereocenters. The summed E-state index contributed by atoms with van der Waals surface area (Å²) in [5, 5.41) is 3.00. The van der Waals surface area contributed by atoms with Gasteiger partial charge in [-0.05, 0) is 29.8 Å². The lowest BCUT2D eigenvalue weighted by atomic mass is 10.0. The van der Waals surface area contributed by atoms with Gasteiger partial charge in [0.25, 0.3) is 0 Å². The highest BCUT2D eigenvalue weighted by Gasteiger charge is 2.31. The molecule has 30 heavy (non-hydrogen) atoms. The van der Waals surface area contributed by atoms with Crippen molar-refractivity contribution < 1.29 is 22.8 Å². The largest absolute Gasteiger partial charge is 0.416 e. The Kier molecular flexibility index (Phi) is 5.95. The number of carbonyl (C=O) groups excluding carboxylic acids is 2. The Hall–Kier alpha value is -3.56. The van der Waals surface area contributed by atoms with Crippen molar-refractivity contribution in [3.63, 3.8) is 0 Å². The van der Waals surface area contributed by atoms with Gasteiger partial charge in [-0.1, -0.05) is 24.3 Å². The summed E-state index contributed by atoms with van der Waals surface area (Å²) in [6.45, 7) is -0.293. The molecule has 2 aromatic carbocycles. The van der Waals surface area contributed by atoms with Crippen LogP contribution in [-0.4, -0.2) is 40.3 Å². The molecule has 10 heteroatoms. The van der Waals surface area contributed by atoms with Crippen molar-refractivity contribution in [2.24, 2.45) is 5.73 Å². The molecule has 0 aliphatic carbocycles. The predicted molar refractivity (Wildman–Crippen MR) is 105 cm³/mol. The van der Waals surface area contributed by atoms with Gasteiger partial charge in [0.2, 0.25) is 17.8 Å². The van der Waals surface area contributed by atoms with Crippen LogP contribution in [0.5, 0.6) is 0 Å². The quantitative estimate of drug-likeness (QED) is 0.547. The molecule has 158 valence electrons. The van der Waals surface area contributed by atoms with E-state index < -0.39 is 29.6 Å². The first-order valence-electron chi connectivity index (χ1n) is 9.04. The first-order chi connectivity index (χ1) is 14.1. The number of fused-ring (bicyclic) bond motifs is 1. The minimum Gasteiger partial charge on any atom is -0.368 e. The number of anilines is 1. The molecule has 0 saturated carbocycles. The van der Waals surface area contributed by atoms with Gasteiger partial charge >= 0.3 is 6.18 Å². The molecule has 1 heterocycles. The number of nitrogens with one attached hydrogen (secondary N) is 2. The number of primary amides is 1. The van der Waals surface area contributed by atoms with Crippen LogP contribution < -0.4 is 11.1 Å². The number of hydrogen-bond acceptors (Lipinski definition) is 4. The molecule has 0 saturated heterocycles. The van der Waals surface area contributed by atoms with Crippen LogP contribution in [-0.2, 0) is 15.8 Å². The van der Waals surface area contributed by atoms with E-state index in [4.69, 9.17) is 5.73 Å². The van der Waals surface area contributed by atoms with Crippen LogP contribution in [0.1, 0.15) is 23.6 Å². The van der Waals surface area contributed by atoms with Gasteiger partial charge in [0.05, 0.1) is 35.6 Å². The first-order valence-corrected chi connectivity index (χ1v) is 9.04. The maximum Gasteiger partial charge on any atom is 0.416 e. The monoisotopic (exact) mass is 419 g/mol. The van der Waals surface area contributed by atoms with E-state index in [-0.39, 0.29) is 18.5 Å². The van der Waals surface area contributed by atoms with Crippen LogP contribution in [0.15, 0.2) is 48.5 Å². The Morgan fingerprint density at radius 1 is 1.20 bits per heavy atom. The molecule has 0 radical (unpaired) electrons. The molecule has 2 amide bonds. The highest BCUT2D eigenvalue weighted by molar-refractivity contribution is 5.84. The topological polar surface area (TPSA) is 104 Å². The van der Waals surface area contributed by atoms with Gasteiger partial charge in [-0.3, -0.25) is 9.59 Å². The zero-order valence-corrected chi connectivity index (χ0v) is 16.0. The zero-order valence-electron chi connectivity index (χ0n) is 16.0. The Labute approximate surface area is 170 Å². The van der Waals surface area contributed by atoms with Gasteiger partial charge < -0.3 is 20.9 Å². The van der Waals surface area contributed by atoms with Gasteiger partial charge in [0.1, 0.15) is 0 Å². The summed E-state index contributed by atoms with van der Waals surface area (Å²) >= 11 is 0. The van der Waals surface area contributed by atoms with Crippen LogP contribution in [0, 0.1) is 0 Å². The smallest absolute Gasteiger partial charge is 0.368 e. The molecular weight excluding hydrogens is 399 g/mol. The molecule has 4 N–H and O–H groups in total. The molecule has 0 bridgehead atoms. The van der Waals surface area contributed by atoms with Gasteiger partial charge in [-0.25, -0.2) is 4.98 Å². The van der Waals surface area contributed by atoms with Gasteiger partial charge in [0, 0.05) is 7.05 Å². The van der Waals surface area contributed by atoms with Gasteiger partial charge in [-0.15, -0.1) is 0 Å². The number of nitrogens with zero attached hydrogens (tertiary/aromatic N) is 2. The van der Waals surface area contributed by atoms with Crippen LogP contribution >= 0.6 is 0 Å². The number of para-hydroxylation sites is 2. The molecule has 3 aromatic rings. The first kappa shape index (κ1) is 21.2. The highest BCUT2D eigenvalue weighted by Crippen LogP contribution is 2.32. The van der Waals surface area contributed by atoms with Crippen LogP contribution in [0.2, 0.25) is 0 Å². The second-order valence-electron chi connectivity index (χ2n) is 6.84. The summed E-state index contributed by atoms with van der Waals surface area (Å²) in [5.74, 6) is -0.837. The number of imidazole rings is 1. The third kappa shape index (κ3) is 5.07. The number of aromatic nitrogens is 2. The third-order valence-electron chi connectivity index (χ3n) is 4.51. The number of H-pyrrole nitrogens is 1. The fraction of sp³-hybridized carbons (Fsp3) is 0.250.